The van der Waals surface area contributed by atoms with Crippen molar-refractivity contribution in [3.05, 3.63) is 25.3 Å². The Morgan fingerprint density at radius 2 is 0.955 bits per heavy atom. The Bertz CT molecular complexity index is 298. The van der Waals surface area contributed by atoms with E-state index in [4.69, 9.17) is 40.9 Å². The average Bonchev–Trinajstić information content (AvgIpc) is 2.52. The minimum atomic E-state index is -1.67. The fourth-order valence-electron chi connectivity index (χ4n) is 0.671. The maximum Gasteiger partial charge on any atom is 0.327 e. The molecular formula is C12H22O10. The van der Waals surface area contributed by atoms with Gasteiger partial charge in [-0.25, -0.2) is 9.59 Å². The molecule has 0 unspecified atom stereocenters. The molecule has 10 nitrogen and oxygen atoms in total. The van der Waals surface area contributed by atoms with Gasteiger partial charge in [0, 0.05) is 12.2 Å². The molecule has 22 heavy (non-hydrogen) atoms. The van der Waals surface area contributed by atoms with Crippen molar-refractivity contribution >= 4 is 11.9 Å². The quantitative estimate of drug-likeness (QED) is 0.222. The van der Waals surface area contributed by atoms with Crippen LogP contribution in [0.3, 0.4) is 0 Å². The molecule has 0 aliphatic heterocycles. The smallest absolute Gasteiger partial charge is 0.327 e. The van der Waals surface area contributed by atoms with Crippen molar-refractivity contribution in [1.82, 2.24) is 0 Å². The first-order valence-electron chi connectivity index (χ1n) is 5.73. The average molecular weight is 326 g/mol. The predicted molar refractivity (Wildman–Crippen MR) is 73.9 cm³/mol. The van der Waals surface area contributed by atoms with Crippen LogP contribution in [0.2, 0.25) is 0 Å². The fourth-order valence-corrected chi connectivity index (χ4v) is 0.671. The van der Waals surface area contributed by atoms with Crippen molar-refractivity contribution in [3.63, 3.8) is 0 Å². The third kappa shape index (κ3) is 16.2. The molecule has 0 aromatic heterocycles. The Hall–Kier alpha value is -1.82. The molecule has 0 saturated heterocycles. The summed E-state index contributed by atoms with van der Waals surface area (Å²) in [5.41, 5.74) is 0. The molecular weight excluding hydrogens is 304 g/mol. The Balaban J connectivity index is -0.000000298. The van der Waals surface area contributed by atoms with Gasteiger partial charge in [0.2, 0.25) is 0 Å². The Labute approximate surface area is 126 Å². The molecule has 0 fully saturated rings. The van der Waals surface area contributed by atoms with Crippen LogP contribution in [0.4, 0.5) is 0 Å². The SMILES string of the molecule is C=CC(=O)O.C=CC(=O)O.OC[C@@H](O)[C@@H](O)[C@H](O)[C@H](O)CO. The lowest BCUT2D eigenvalue weighted by atomic mass is 10.0. The van der Waals surface area contributed by atoms with Crippen LogP contribution in [0, 0.1) is 0 Å². The first-order chi connectivity index (χ1) is 10.1. The topological polar surface area (TPSA) is 196 Å². The fraction of sp³-hybridized carbons (Fsp3) is 0.500. The highest BCUT2D eigenvalue weighted by atomic mass is 16.4. The summed E-state index contributed by atoms with van der Waals surface area (Å²) in [6, 6.07) is 0. The van der Waals surface area contributed by atoms with Gasteiger partial charge in [0.15, 0.2) is 0 Å². The third-order valence-electron chi connectivity index (χ3n) is 1.86. The Morgan fingerprint density at radius 3 is 1.05 bits per heavy atom. The number of aliphatic hydroxyl groups is 6. The standard InChI is InChI=1S/C6H14O6.2C3H4O2/c7-1-3(9)5(11)6(12)4(10)2-8;2*1-2-3(4)5/h3-12H,1-2H2;2*2H,1H2,(H,4,5)/t3-,4-,5-,6-;;/m1../s1. The number of aliphatic carboxylic acids is 2. The normalized spacial score (nSPS) is 14.6. The van der Waals surface area contributed by atoms with Crippen molar-refractivity contribution in [2.75, 3.05) is 13.2 Å². The molecule has 130 valence electrons. The first kappa shape index (κ1) is 25.2. The molecule has 0 aromatic rings. The van der Waals surface area contributed by atoms with E-state index in [-0.39, 0.29) is 0 Å². The van der Waals surface area contributed by atoms with E-state index in [2.05, 4.69) is 13.2 Å². The van der Waals surface area contributed by atoms with Gasteiger partial charge in [0.05, 0.1) is 13.2 Å². The van der Waals surface area contributed by atoms with Crippen LogP contribution in [0.25, 0.3) is 0 Å². The number of carboxylic acid groups (broad SMARTS) is 2. The number of carboxylic acids is 2. The maximum atomic E-state index is 9.25. The lowest BCUT2D eigenvalue weighted by Crippen LogP contribution is -2.46. The van der Waals surface area contributed by atoms with Gasteiger partial charge in [-0.1, -0.05) is 13.2 Å². The zero-order valence-corrected chi connectivity index (χ0v) is 11.7. The zero-order valence-electron chi connectivity index (χ0n) is 11.7. The van der Waals surface area contributed by atoms with Crippen molar-refractivity contribution in [1.29, 1.82) is 0 Å². The summed E-state index contributed by atoms with van der Waals surface area (Å²) in [5.74, 6) is -1.96. The maximum absolute atomic E-state index is 9.25. The van der Waals surface area contributed by atoms with E-state index in [0.29, 0.717) is 0 Å². The molecule has 10 heteroatoms. The Kier molecular flexibility index (Phi) is 17.8. The van der Waals surface area contributed by atoms with Gasteiger partial charge >= 0.3 is 11.9 Å². The molecule has 8 N–H and O–H groups in total. The second kappa shape index (κ2) is 15.6. The van der Waals surface area contributed by atoms with Crippen LogP contribution in [0.15, 0.2) is 25.3 Å². The second-order valence-corrected chi connectivity index (χ2v) is 3.57. The van der Waals surface area contributed by atoms with E-state index in [1.807, 2.05) is 0 Å². The molecule has 0 saturated carbocycles. The molecule has 4 atom stereocenters. The van der Waals surface area contributed by atoms with Gasteiger partial charge in [0.1, 0.15) is 24.4 Å². The first-order valence-corrected chi connectivity index (χ1v) is 5.73. The second-order valence-electron chi connectivity index (χ2n) is 3.57. The largest absolute Gasteiger partial charge is 0.478 e. The number of hydrogen-bond acceptors (Lipinski definition) is 8. The number of aliphatic hydroxyl groups excluding tert-OH is 6. The van der Waals surface area contributed by atoms with Crippen LogP contribution >= 0.6 is 0 Å². The molecule has 0 heterocycles. The predicted octanol–water partition coefficient (Wildman–Crippen LogP) is -3.07. The number of hydrogen-bond donors (Lipinski definition) is 8. The highest BCUT2D eigenvalue weighted by Crippen LogP contribution is 2.03. The van der Waals surface area contributed by atoms with Gasteiger partial charge in [-0.2, -0.15) is 0 Å². The van der Waals surface area contributed by atoms with Crippen molar-refractivity contribution < 1.29 is 50.4 Å². The van der Waals surface area contributed by atoms with E-state index in [9.17, 15) is 9.59 Å². The minimum absolute atomic E-state index is 0.726. The summed E-state index contributed by atoms with van der Waals surface area (Å²) in [5, 5.41) is 67.4. The highest BCUT2D eigenvalue weighted by molar-refractivity contribution is 5.79. The van der Waals surface area contributed by atoms with Gasteiger partial charge in [-0.15, -0.1) is 0 Å². The zero-order chi connectivity index (χ0) is 18.3. The van der Waals surface area contributed by atoms with E-state index in [0.717, 1.165) is 12.2 Å². The third-order valence-corrected chi connectivity index (χ3v) is 1.86. The van der Waals surface area contributed by atoms with Crippen molar-refractivity contribution in [2.24, 2.45) is 0 Å². The van der Waals surface area contributed by atoms with Crippen molar-refractivity contribution in [3.8, 4) is 0 Å². The lowest BCUT2D eigenvalue weighted by Gasteiger charge is -2.24. The molecule has 0 rings (SSSR count). The molecule has 0 radical (unpaired) electrons. The summed E-state index contributed by atoms with van der Waals surface area (Å²) in [6.07, 6.45) is -4.73. The molecule has 0 spiro atoms. The highest BCUT2D eigenvalue weighted by Gasteiger charge is 2.29. The van der Waals surface area contributed by atoms with Crippen LogP contribution in [0.1, 0.15) is 0 Å². The molecule has 0 aromatic carbocycles. The summed E-state index contributed by atoms with van der Waals surface area (Å²) >= 11 is 0. The molecule has 0 aliphatic rings. The van der Waals surface area contributed by atoms with Crippen LogP contribution in [0.5, 0.6) is 0 Å². The number of carbonyl (C=O) groups is 2. The molecule has 0 bridgehead atoms. The van der Waals surface area contributed by atoms with E-state index >= 15 is 0 Å². The summed E-state index contributed by atoms with van der Waals surface area (Å²) in [7, 11) is 0. The monoisotopic (exact) mass is 326 g/mol. The Morgan fingerprint density at radius 1 is 0.773 bits per heavy atom. The molecule has 0 amide bonds. The lowest BCUT2D eigenvalue weighted by molar-refractivity contribution is -0.132. The van der Waals surface area contributed by atoms with E-state index in [1.165, 1.54) is 0 Å². The number of rotatable bonds is 7. The molecule has 0 aliphatic carbocycles. The van der Waals surface area contributed by atoms with Gasteiger partial charge in [-0.3, -0.25) is 0 Å². The summed E-state index contributed by atoms with van der Waals surface area (Å²) < 4.78 is 0. The summed E-state index contributed by atoms with van der Waals surface area (Å²) in [4.78, 5) is 18.5. The van der Waals surface area contributed by atoms with Crippen LogP contribution in [-0.4, -0.2) is 90.4 Å². The minimum Gasteiger partial charge on any atom is -0.478 e. The van der Waals surface area contributed by atoms with E-state index in [1.54, 1.807) is 0 Å². The van der Waals surface area contributed by atoms with Crippen LogP contribution < -0.4 is 0 Å². The van der Waals surface area contributed by atoms with Gasteiger partial charge < -0.3 is 40.9 Å². The van der Waals surface area contributed by atoms with Crippen molar-refractivity contribution in [2.45, 2.75) is 24.4 Å². The van der Waals surface area contributed by atoms with Gasteiger partial charge in [0.25, 0.3) is 0 Å². The van der Waals surface area contributed by atoms with Gasteiger partial charge in [-0.05, 0) is 0 Å². The van der Waals surface area contributed by atoms with Crippen LogP contribution in [-0.2, 0) is 9.59 Å². The summed E-state index contributed by atoms with van der Waals surface area (Å²) in [6.45, 7) is 4.47. The van der Waals surface area contributed by atoms with E-state index < -0.39 is 49.6 Å².